The van der Waals surface area contributed by atoms with Crippen molar-refractivity contribution in [3.8, 4) is 0 Å². The highest BCUT2D eigenvalue weighted by Gasteiger charge is 2.32. The lowest BCUT2D eigenvalue weighted by atomic mass is 9.93. The molecule has 0 aromatic rings. The molecule has 102 valence electrons. The van der Waals surface area contributed by atoms with Crippen molar-refractivity contribution in [2.24, 2.45) is 0 Å². The van der Waals surface area contributed by atoms with Crippen molar-refractivity contribution in [2.75, 3.05) is 32.6 Å². The van der Waals surface area contributed by atoms with Crippen LogP contribution >= 0.6 is 0 Å². The Morgan fingerprint density at radius 1 is 1.35 bits per heavy atom. The highest BCUT2D eigenvalue weighted by atomic mass is 32.2. The van der Waals surface area contributed by atoms with Crippen LogP contribution in [0.15, 0.2) is 0 Å². The minimum Gasteiger partial charge on any atom is -0.396 e. The first-order valence-corrected chi connectivity index (χ1v) is 7.82. The largest absolute Gasteiger partial charge is 0.396 e. The summed E-state index contributed by atoms with van der Waals surface area (Å²) in [5.41, 5.74) is 0. The van der Waals surface area contributed by atoms with Crippen molar-refractivity contribution >= 4 is 10.0 Å². The zero-order valence-electron chi connectivity index (χ0n) is 10.5. The highest BCUT2D eigenvalue weighted by molar-refractivity contribution is 7.89. The molecule has 0 radical (unpaired) electrons. The zero-order chi connectivity index (χ0) is 12.7. The highest BCUT2D eigenvalue weighted by Crippen LogP contribution is 2.27. The Morgan fingerprint density at radius 3 is 2.53 bits per heavy atom. The monoisotopic (exact) mass is 265 g/mol. The van der Waals surface area contributed by atoms with Gasteiger partial charge in [-0.05, 0) is 25.7 Å². The van der Waals surface area contributed by atoms with Gasteiger partial charge in [0.25, 0.3) is 0 Å². The standard InChI is InChI=1S/C11H23NO4S/c1-16-9-4-10-17(14,15)12(7-3-8-13)11-5-2-6-11/h11,13H,2-10H2,1H3. The predicted molar refractivity (Wildman–Crippen MR) is 66.3 cm³/mol. The minimum absolute atomic E-state index is 0.0385. The van der Waals surface area contributed by atoms with Gasteiger partial charge in [-0.2, -0.15) is 4.31 Å². The summed E-state index contributed by atoms with van der Waals surface area (Å²) in [6.07, 6.45) is 4.05. The molecule has 0 saturated heterocycles. The maximum Gasteiger partial charge on any atom is 0.214 e. The SMILES string of the molecule is COCCCS(=O)(=O)N(CCCO)C1CCC1. The van der Waals surface area contributed by atoms with E-state index in [9.17, 15) is 8.42 Å². The van der Waals surface area contributed by atoms with Gasteiger partial charge in [0.1, 0.15) is 0 Å². The van der Waals surface area contributed by atoms with Crippen LogP contribution in [0.1, 0.15) is 32.1 Å². The van der Waals surface area contributed by atoms with Crippen molar-refractivity contribution in [2.45, 2.75) is 38.1 Å². The molecule has 0 aromatic carbocycles. The Bertz CT molecular complexity index is 301. The number of hydrogen-bond donors (Lipinski definition) is 1. The van der Waals surface area contributed by atoms with Gasteiger partial charge in [-0.15, -0.1) is 0 Å². The number of ether oxygens (including phenoxy) is 1. The number of sulfonamides is 1. The third-order valence-corrected chi connectivity index (χ3v) is 5.13. The Labute approximate surface area is 104 Å². The Kier molecular flexibility index (Phi) is 6.40. The minimum atomic E-state index is -3.18. The van der Waals surface area contributed by atoms with Crippen LogP contribution in [0.5, 0.6) is 0 Å². The van der Waals surface area contributed by atoms with Crippen LogP contribution in [-0.4, -0.2) is 56.5 Å². The summed E-state index contributed by atoms with van der Waals surface area (Å²) in [6.45, 7) is 0.949. The Hall–Kier alpha value is -0.170. The second kappa shape index (κ2) is 7.31. The van der Waals surface area contributed by atoms with E-state index in [0.29, 0.717) is 26.0 Å². The van der Waals surface area contributed by atoms with Crippen LogP contribution in [0.25, 0.3) is 0 Å². The van der Waals surface area contributed by atoms with Gasteiger partial charge in [-0.3, -0.25) is 0 Å². The first-order valence-electron chi connectivity index (χ1n) is 6.21. The lowest BCUT2D eigenvalue weighted by Crippen LogP contribution is -2.45. The summed E-state index contributed by atoms with van der Waals surface area (Å²) in [6, 6.07) is 0.161. The number of methoxy groups -OCH3 is 1. The van der Waals surface area contributed by atoms with E-state index in [2.05, 4.69) is 0 Å². The van der Waals surface area contributed by atoms with Gasteiger partial charge < -0.3 is 9.84 Å². The summed E-state index contributed by atoms with van der Waals surface area (Å²) in [5.74, 6) is 0.142. The summed E-state index contributed by atoms with van der Waals surface area (Å²) in [7, 11) is -1.61. The summed E-state index contributed by atoms with van der Waals surface area (Å²) < 4.78 is 30.7. The predicted octanol–water partition coefficient (Wildman–Crippen LogP) is 0.590. The van der Waals surface area contributed by atoms with Gasteiger partial charge in [0, 0.05) is 32.9 Å². The topological polar surface area (TPSA) is 66.8 Å². The normalized spacial score (nSPS) is 17.4. The van der Waals surface area contributed by atoms with E-state index in [1.54, 1.807) is 11.4 Å². The third kappa shape index (κ3) is 4.54. The molecule has 1 saturated carbocycles. The van der Waals surface area contributed by atoms with Gasteiger partial charge in [0.15, 0.2) is 0 Å². The fraction of sp³-hybridized carbons (Fsp3) is 1.00. The van der Waals surface area contributed by atoms with Gasteiger partial charge in [0.2, 0.25) is 10.0 Å². The lowest BCUT2D eigenvalue weighted by molar-refractivity contribution is 0.191. The zero-order valence-corrected chi connectivity index (χ0v) is 11.3. The van der Waals surface area contributed by atoms with Gasteiger partial charge in [-0.1, -0.05) is 6.42 Å². The van der Waals surface area contributed by atoms with Crippen LogP contribution < -0.4 is 0 Å². The van der Waals surface area contributed by atoms with E-state index in [4.69, 9.17) is 9.84 Å². The Morgan fingerprint density at radius 2 is 2.06 bits per heavy atom. The van der Waals surface area contributed by atoms with E-state index in [-0.39, 0.29) is 18.4 Å². The quantitative estimate of drug-likeness (QED) is 0.620. The summed E-state index contributed by atoms with van der Waals surface area (Å²) in [5, 5.41) is 8.83. The first-order chi connectivity index (χ1) is 8.11. The van der Waals surface area contributed by atoms with Gasteiger partial charge in [0.05, 0.1) is 5.75 Å². The molecule has 0 aromatic heterocycles. The van der Waals surface area contributed by atoms with E-state index >= 15 is 0 Å². The van der Waals surface area contributed by atoms with Crippen LogP contribution in [0, 0.1) is 0 Å². The number of hydrogen-bond acceptors (Lipinski definition) is 4. The van der Waals surface area contributed by atoms with Crippen molar-refractivity contribution in [1.82, 2.24) is 4.31 Å². The molecule has 6 heteroatoms. The Balaban J connectivity index is 2.53. The molecule has 1 rings (SSSR count). The molecule has 0 atom stereocenters. The molecule has 0 spiro atoms. The fourth-order valence-electron chi connectivity index (χ4n) is 1.95. The molecule has 1 fully saturated rings. The maximum atomic E-state index is 12.1. The number of rotatable bonds is 9. The first kappa shape index (κ1) is 14.9. The number of nitrogens with zero attached hydrogens (tertiary/aromatic N) is 1. The average Bonchev–Trinajstić information content (AvgIpc) is 2.21. The molecule has 0 bridgehead atoms. The van der Waals surface area contributed by atoms with E-state index in [1.807, 2.05) is 0 Å². The van der Waals surface area contributed by atoms with E-state index in [1.165, 1.54) is 0 Å². The third-order valence-electron chi connectivity index (χ3n) is 3.13. The molecule has 0 aliphatic heterocycles. The van der Waals surface area contributed by atoms with Gasteiger partial charge in [-0.25, -0.2) is 8.42 Å². The van der Waals surface area contributed by atoms with Crippen molar-refractivity contribution in [3.63, 3.8) is 0 Å². The van der Waals surface area contributed by atoms with Crippen LogP contribution in [-0.2, 0) is 14.8 Å². The second-order valence-electron chi connectivity index (χ2n) is 4.43. The lowest BCUT2D eigenvalue weighted by Gasteiger charge is -2.36. The molecule has 0 unspecified atom stereocenters. The second-order valence-corrected chi connectivity index (χ2v) is 6.48. The van der Waals surface area contributed by atoms with Crippen molar-refractivity contribution < 1.29 is 18.3 Å². The maximum absolute atomic E-state index is 12.1. The van der Waals surface area contributed by atoms with Gasteiger partial charge >= 0.3 is 0 Å². The van der Waals surface area contributed by atoms with Crippen LogP contribution in [0.4, 0.5) is 0 Å². The molecule has 1 aliphatic carbocycles. The van der Waals surface area contributed by atoms with Crippen LogP contribution in [0.3, 0.4) is 0 Å². The smallest absolute Gasteiger partial charge is 0.214 e. The fourth-order valence-corrected chi connectivity index (χ4v) is 3.74. The molecule has 0 amide bonds. The summed E-state index contributed by atoms with van der Waals surface area (Å²) in [4.78, 5) is 0. The number of aliphatic hydroxyl groups excluding tert-OH is 1. The van der Waals surface area contributed by atoms with Crippen LogP contribution in [0.2, 0.25) is 0 Å². The molecular weight excluding hydrogens is 242 g/mol. The van der Waals surface area contributed by atoms with E-state index in [0.717, 1.165) is 19.3 Å². The van der Waals surface area contributed by atoms with Crippen molar-refractivity contribution in [1.29, 1.82) is 0 Å². The number of aliphatic hydroxyl groups is 1. The van der Waals surface area contributed by atoms with Crippen molar-refractivity contribution in [3.05, 3.63) is 0 Å². The molecule has 1 N–H and O–H groups in total. The molecular formula is C11H23NO4S. The summed E-state index contributed by atoms with van der Waals surface area (Å²) >= 11 is 0. The van der Waals surface area contributed by atoms with E-state index < -0.39 is 10.0 Å². The average molecular weight is 265 g/mol. The molecule has 1 aliphatic rings. The molecule has 17 heavy (non-hydrogen) atoms. The molecule has 5 nitrogen and oxygen atoms in total. The molecule has 0 heterocycles.